The maximum Gasteiger partial charge on any atom is 0.226 e. The molecule has 0 unspecified atom stereocenters. The van der Waals surface area contributed by atoms with Gasteiger partial charge < -0.3 is 10.2 Å². The Balaban J connectivity index is 1.50. The number of piperidine rings is 1. The van der Waals surface area contributed by atoms with Crippen LogP contribution in [0, 0.1) is 18.8 Å². The smallest absolute Gasteiger partial charge is 0.226 e. The third-order valence-electron chi connectivity index (χ3n) is 7.03. The topological polar surface area (TPSA) is 49.4 Å². The molecule has 31 heavy (non-hydrogen) atoms. The van der Waals surface area contributed by atoms with Crippen LogP contribution < -0.4 is 5.32 Å². The Morgan fingerprint density at radius 3 is 2.39 bits per heavy atom. The fraction of sp³-hybridized carbons (Fsp3) is 0.481. The number of likely N-dealkylation sites (tertiary alicyclic amines) is 1. The van der Waals surface area contributed by atoms with Gasteiger partial charge in [0.2, 0.25) is 11.8 Å². The first-order chi connectivity index (χ1) is 15.0. The Kier molecular flexibility index (Phi) is 6.74. The molecule has 0 aromatic heterocycles. The minimum atomic E-state index is -0.155. The molecule has 2 aliphatic rings. The molecule has 0 spiro atoms. The van der Waals surface area contributed by atoms with E-state index in [1.807, 2.05) is 42.2 Å². The molecule has 3 atom stereocenters. The fourth-order valence-corrected chi connectivity index (χ4v) is 5.22. The van der Waals surface area contributed by atoms with Gasteiger partial charge in [0, 0.05) is 12.5 Å². The zero-order chi connectivity index (χ0) is 21.8. The molecule has 1 aliphatic carbocycles. The van der Waals surface area contributed by atoms with Crippen molar-refractivity contribution in [2.24, 2.45) is 11.8 Å². The van der Waals surface area contributed by atoms with Gasteiger partial charge in [0.15, 0.2) is 0 Å². The van der Waals surface area contributed by atoms with E-state index in [-0.39, 0.29) is 35.7 Å². The van der Waals surface area contributed by atoms with E-state index in [0.29, 0.717) is 6.54 Å². The van der Waals surface area contributed by atoms with Crippen LogP contribution in [0.5, 0.6) is 0 Å². The van der Waals surface area contributed by atoms with Crippen LogP contribution in [0.25, 0.3) is 0 Å². The van der Waals surface area contributed by atoms with Crippen LogP contribution in [0.1, 0.15) is 74.2 Å². The summed E-state index contributed by atoms with van der Waals surface area (Å²) in [5.41, 5.74) is 3.51. The molecule has 1 aliphatic heterocycles. The summed E-state index contributed by atoms with van der Waals surface area (Å²) in [5, 5.41) is 3.18. The summed E-state index contributed by atoms with van der Waals surface area (Å²) < 4.78 is 0. The summed E-state index contributed by atoms with van der Waals surface area (Å²) in [5.74, 6) is 0.274. The van der Waals surface area contributed by atoms with Gasteiger partial charge in [0.1, 0.15) is 0 Å². The van der Waals surface area contributed by atoms with E-state index in [1.54, 1.807) is 0 Å². The van der Waals surface area contributed by atoms with Gasteiger partial charge in [-0.3, -0.25) is 9.59 Å². The quantitative estimate of drug-likeness (QED) is 0.712. The van der Waals surface area contributed by atoms with Crippen molar-refractivity contribution in [2.75, 3.05) is 6.54 Å². The van der Waals surface area contributed by atoms with E-state index in [9.17, 15) is 9.59 Å². The van der Waals surface area contributed by atoms with Crippen LogP contribution in [-0.4, -0.2) is 23.3 Å². The Hall–Kier alpha value is -2.62. The number of benzene rings is 2. The number of nitrogens with one attached hydrogen (secondary N) is 1. The van der Waals surface area contributed by atoms with Gasteiger partial charge in [-0.05, 0) is 50.7 Å². The molecule has 0 radical (unpaired) electrons. The van der Waals surface area contributed by atoms with Crippen molar-refractivity contribution in [3.8, 4) is 0 Å². The second kappa shape index (κ2) is 9.67. The number of amides is 2. The van der Waals surface area contributed by atoms with E-state index in [4.69, 9.17) is 0 Å². The summed E-state index contributed by atoms with van der Waals surface area (Å²) in [7, 11) is 0. The molecule has 4 nitrogen and oxygen atoms in total. The molecular formula is C27H34N2O2. The third kappa shape index (κ3) is 5.00. The lowest BCUT2D eigenvalue weighted by atomic mass is 9.86. The predicted molar refractivity (Wildman–Crippen MR) is 123 cm³/mol. The van der Waals surface area contributed by atoms with Crippen molar-refractivity contribution in [2.45, 2.75) is 64.5 Å². The minimum Gasteiger partial charge on any atom is -0.349 e. The summed E-state index contributed by atoms with van der Waals surface area (Å²) in [6, 6.07) is 18.6. The van der Waals surface area contributed by atoms with E-state index in [1.165, 1.54) is 11.1 Å². The number of rotatable bonds is 5. The molecule has 0 bridgehead atoms. The van der Waals surface area contributed by atoms with E-state index in [2.05, 4.69) is 36.5 Å². The predicted octanol–water partition coefficient (Wildman–Crippen LogP) is 5.34. The fourth-order valence-electron chi connectivity index (χ4n) is 5.22. The molecule has 1 heterocycles. The van der Waals surface area contributed by atoms with Crippen molar-refractivity contribution in [1.82, 2.24) is 10.2 Å². The monoisotopic (exact) mass is 418 g/mol. The highest BCUT2D eigenvalue weighted by atomic mass is 16.2. The van der Waals surface area contributed by atoms with Crippen LogP contribution >= 0.6 is 0 Å². The largest absolute Gasteiger partial charge is 0.349 e. The Morgan fingerprint density at radius 2 is 1.68 bits per heavy atom. The molecular weight excluding hydrogens is 384 g/mol. The number of hydrogen-bond acceptors (Lipinski definition) is 2. The average Bonchev–Trinajstić information content (AvgIpc) is 3.34. The van der Waals surface area contributed by atoms with Crippen LogP contribution in [-0.2, 0) is 9.59 Å². The van der Waals surface area contributed by atoms with Crippen molar-refractivity contribution < 1.29 is 9.59 Å². The van der Waals surface area contributed by atoms with E-state index >= 15 is 0 Å². The van der Waals surface area contributed by atoms with Gasteiger partial charge in [-0.1, -0.05) is 73.0 Å². The first-order valence-corrected chi connectivity index (χ1v) is 11.8. The van der Waals surface area contributed by atoms with Gasteiger partial charge >= 0.3 is 0 Å². The molecule has 1 saturated carbocycles. The molecule has 4 rings (SSSR count). The Morgan fingerprint density at radius 1 is 0.935 bits per heavy atom. The number of carbonyl (C=O) groups is 2. The normalized spacial score (nSPS) is 22.8. The SMILES string of the molecule is Cc1cccc([C@@H]2CC[C@@H](C(=O)N[C@H](C)c3ccccc3)CN2C(=O)C2CCCC2)c1. The molecule has 1 N–H and O–H groups in total. The highest BCUT2D eigenvalue weighted by Gasteiger charge is 2.38. The first-order valence-electron chi connectivity index (χ1n) is 11.8. The number of hydrogen-bond donors (Lipinski definition) is 1. The molecule has 2 aromatic carbocycles. The van der Waals surface area contributed by atoms with Crippen molar-refractivity contribution in [3.05, 3.63) is 71.3 Å². The second-order valence-electron chi connectivity index (χ2n) is 9.32. The van der Waals surface area contributed by atoms with Gasteiger partial charge in [-0.2, -0.15) is 0 Å². The maximum absolute atomic E-state index is 13.5. The van der Waals surface area contributed by atoms with Crippen LogP contribution in [0.3, 0.4) is 0 Å². The number of nitrogens with zero attached hydrogens (tertiary/aromatic N) is 1. The summed E-state index contributed by atoms with van der Waals surface area (Å²) in [6.45, 7) is 4.63. The maximum atomic E-state index is 13.5. The summed E-state index contributed by atoms with van der Waals surface area (Å²) in [6.07, 6.45) is 5.88. The van der Waals surface area contributed by atoms with Gasteiger partial charge in [0.25, 0.3) is 0 Å². The summed E-state index contributed by atoms with van der Waals surface area (Å²) in [4.78, 5) is 28.6. The van der Waals surface area contributed by atoms with E-state index < -0.39 is 0 Å². The minimum absolute atomic E-state index is 0.0396. The van der Waals surface area contributed by atoms with Crippen molar-refractivity contribution in [3.63, 3.8) is 0 Å². The van der Waals surface area contributed by atoms with Gasteiger partial charge in [0.05, 0.1) is 18.0 Å². The highest BCUT2D eigenvalue weighted by molar-refractivity contribution is 5.83. The molecule has 164 valence electrons. The lowest BCUT2D eigenvalue weighted by molar-refractivity contribution is -0.142. The average molecular weight is 419 g/mol. The van der Waals surface area contributed by atoms with Gasteiger partial charge in [-0.25, -0.2) is 0 Å². The molecule has 4 heteroatoms. The number of carbonyl (C=O) groups excluding carboxylic acids is 2. The first kappa shape index (κ1) is 21.6. The lowest BCUT2D eigenvalue weighted by Crippen LogP contribution is -2.48. The number of aryl methyl sites for hydroxylation is 1. The lowest BCUT2D eigenvalue weighted by Gasteiger charge is -2.41. The molecule has 1 saturated heterocycles. The highest BCUT2D eigenvalue weighted by Crippen LogP contribution is 2.37. The Bertz CT molecular complexity index is 904. The zero-order valence-corrected chi connectivity index (χ0v) is 18.7. The van der Waals surface area contributed by atoms with E-state index in [0.717, 1.165) is 44.1 Å². The van der Waals surface area contributed by atoms with Gasteiger partial charge in [-0.15, -0.1) is 0 Å². The van der Waals surface area contributed by atoms with Crippen LogP contribution in [0.4, 0.5) is 0 Å². The standard InChI is InChI=1S/C27H34N2O2/c1-19-9-8-14-23(17-19)25-16-15-24(18-29(25)27(31)22-12-6-7-13-22)26(30)28-20(2)21-10-4-3-5-11-21/h3-5,8-11,14,17,20,22,24-25H,6-7,12-13,15-16,18H2,1-2H3,(H,28,30)/t20-,24-,25+/m1/s1. The van der Waals surface area contributed by atoms with Crippen molar-refractivity contribution >= 4 is 11.8 Å². The second-order valence-corrected chi connectivity index (χ2v) is 9.32. The van der Waals surface area contributed by atoms with Crippen LogP contribution in [0.15, 0.2) is 54.6 Å². The van der Waals surface area contributed by atoms with Crippen molar-refractivity contribution in [1.29, 1.82) is 0 Å². The zero-order valence-electron chi connectivity index (χ0n) is 18.7. The Labute approximate surface area is 186 Å². The molecule has 2 fully saturated rings. The summed E-state index contributed by atoms with van der Waals surface area (Å²) >= 11 is 0. The van der Waals surface area contributed by atoms with Crippen LogP contribution in [0.2, 0.25) is 0 Å². The third-order valence-corrected chi connectivity index (χ3v) is 7.03. The molecule has 2 amide bonds. The molecule has 2 aromatic rings.